The quantitative estimate of drug-likeness (QED) is 0.369. The van der Waals surface area contributed by atoms with Crippen LogP contribution in [0.25, 0.3) is 0 Å². The summed E-state index contributed by atoms with van der Waals surface area (Å²) in [7, 11) is 0. The molecule has 1 aromatic rings. The number of ether oxygens (including phenoxy) is 2. The van der Waals surface area contributed by atoms with Crippen LogP contribution in [0.5, 0.6) is 11.5 Å². The Labute approximate surface area is 128 Å². The lowest BCUT2D eigenvalue weighted by molar-refractivity contribution is -0.390. The second kappa shape index (κ2) is 8.81. The van der Waals surface area contributed by atoms with Crippen LogP contribution in [0.3, 0.4) is 0 Å². The Bertz CT molecular complexity index is 485. The predicted molar refractivity (Wildman–Crippen MR) is 80.6 cm³/mol. The van der Waals surface area contributed by atoms with E-state index in [1.54, 1.807) is 0 Å². The van der Waals surface area contributed by atoms with Crippen LogP contribution < -0.4 is 9.47 Å². The molecule has 22 heavy (non-hydrogen) atoms. The van der Waals surface area contributed by atoms with Crippen molar-refractivity contribution in [3.8, 4) is 11.5 Å². The third-order valence-electron chi connectivity index (χ3n) is 2.94. The van der Waals surface area contributed by atoms with E-state index in [0.717, 1.165) is 25.0 Å². The first-order chi connectivity index (χ1) is 10.5. The van der Waals surface area contributed by atoms with Crippen molar-refractivity contribution in [1.82, 2.24) is 0 Å². The number of rotatable bonds is 10. The zero-order valence-corrected chi connectivity index (χ0v) is 12.7. The van der Waals surface area contributed by atoms with Crippen LogP contribution in [-0.2, 0) is 0 Å². The van der Waals surface area contributed by atoms with E-state index < -0.39 is 9.85 Å². The summed E-state index contributed by atoms with van der Waals surface area (Å²) >= 11 is 0. The van der Waals surface area contributed by atoms with E-state index in [2.05, 4.69) is 0 Å². The summed E-state index contributed by atoms with van der Waals surface area (Å²) in [6, 6.07) is 2.13. The SMILES string of the molecule is CCCCOc1cc([N+](=O)[O-])c(OCCCC)cc1[N+](=O)[O-]. The third-order valence-corrected chi connectivity index (χ3v) is 2.94. The van der Waals surface area contributed by atoms with Gasteiger partial charge in [-0.2, -0.15) is 0 Å². The largest absolute Gasteiger partial charge is 0.487 e. The Kier molecular flexibility index (Phi) is 7.07. The highest BCUT2D eigenvalue weighted by molar-refractivity contribution is 5.61. The summed E-state index contributed by atoms with van der Waals surface area (Å²) in [6.45, 7) is 4.44. The zero-order valence-electron chi connectivity index (χ0n) is 12.7. The molecule has 8 heteroatoms. The molecule has 0 aliphatic heterocycles. The van der Waals surface area contributed by atoms with E-state index in [4.69, 9.17) is 9.47 Å². The van der Waals surface area contributed by atoms with Gasteiger partial charge >= 0.3 is 11.4 Å². The van der Waals surface area contributed by atoms with Crippen molar-refractivity contribution in [3.05, 3.63) is 32.4 Å². The summed E-state index contributed by atoms with van der Waals surface area (Å²) in [5.41, 5.74) is -0.651. The Balaban J connectivity index is 3.13. The lowest BCUT2D eigenvalue weighted by Crippen LogP contribution is -2.05. The van der Waals surface area contributed by atoms with Crippen LogP contribution >= 0.6 is 0 Å². The van der Waals surface area contributed by atoms with Crippen LogP contribution in [0.15, 0.2) is 12.1 Å². The first kappa shape index (κ1) is 17.7. The third kappa shape index (κ3) is 4.87. The standard InChI is InChI=1S/C14H20N2O6/c1-3-5-7-21-13-9-12(16(19)20)14(22-8-6-4-2)10-11(13)15(17)18/h9-10H,3-8H2,1-2H3. The molecule has 0 bridgehead atoms. The minimum absolute atomic E-state index is 0.104. The molecular formula is C14H20N2O6. The molecule has 0 aromatic heterocycles. The van der Waals surface area contributed by atoms with E-state index in [-0.39, 0.29) is 36.1 Å². The maximum atomic E-state index is 11.1. The van der Waals surface area contributed by atoms with Crippen LogP contribution in [0.1, 0.15) is 39.5 Å². The van der Waals surface area contributed by atoms with Crippen LogP contribution in [0.4, 0.5) is 11.4 Å². The lowest BCUT2D eigenvalue weighted by Gasteiger charge is -2.10. The predicted octanol–water partition coefficient (Wildman–Crippen LogP) is 3.86. The number of hydrogen-bond acceptors (Lipinski definition) is 6. The monoisotopic (exact) mass is 312 g/mol. The van der Waals surface area contributed by atoms with Gasteiger partial charge in [0.15, 0.2) is 0 Å². The van der Waals surface area contributed by atoms with Crippen LogP contribution in [0, 0.1) is 20.2 Å². The topological polar surface area (TPSA) is 105 Å². The van der Waals surface area contributed by atoms with Gasteiger partial charge in [0.25, 0.3) is 0 Å². The van der Waals surface area contributed by atoms with Crippen molar-refractivity contribution in [3.63, 3.8) is 0 Å². The molecule has 8 nitrogen and oxygen atoms in total. The highest BCUT2D eigenvalue weighted by Crippen LogP contribution is 2.39. The molecule has 0 fully saturated rings. The van der Waals surface area contributed by atoms with Gasteiger partial charge in [0.2, 0.25) is 11.5 Å². The first-order valence-corrected chi connectivity index (χ1v) is 7.23. The first-order valence-electron chi connectivity index (χ1n) is 7.23. The fourth-order valence-corrected chi connectivity index (χ4v) is 1.71. The molecule has 0 aliphatic rings. The number of nitrogens with zero attached hydrogens (tertiary/aromatic N) is 2. The molecule has 1 aromatic carbocycles. The number of unbranched alkanes of at least 4 members (excludes halogenated alkanes) is 2. The molecule has 0 spiro atoms. The number of nitro groups is 2. The summed E-state index contributed by atoms with van der Waals surface area (Å²) in [5, 5.41) is 22.2. The average Bonchev–Trinajstić information content (AvgIpc) is 2.47. The number of benzene rings is 1. The second-order valence-electron chi connectivity index (χ2n) is 4.71. The number of hydrogen-bond donors (Lipinski definition) is 0. The molecule has 0 aliphatic carbocycles. The second-order valence-corrected chi connectivity index (χ2v) is 4.71. The van der Waals surface area contributed by atoms with Gasteiger partial charge in [-0.3, -0.25) is 20.2 Å². The van der Waals surface area contributed by atoms with Gasteiger partial charge in [0.05, 0.1) is 35.2 Å². The number of nitro benzene ring substituents is 2. The normalized spacial score (nSPS) is 10.3. The minimum Gasteiger partial charge on any atom is -0.487 e. The molecule has 0 radical (unpaired) electrons. The van der Waals surface area contributed by atoms with Crippen molar-refractivity contribution in [2.45, 2.75) is 39.5 Å². The molecule has 0 saturated heterocycles. The molecular weight excluding hydrogens is 292 g/mol. The average molecular weight is 312 g/mol. The van der Waals surface area contributed by atoms with Crippen molar-refractivity contribution >= 4 is 11.4 Å². The van der Waals surface area contributed by atoms with Crippen LogP contribution in [-0.4, -0.2) is 23.1 Å². The highest BCUT2D eigenvalue weighted by Gasteiger charge is 2.26. The van der Waals surface area contributed by atoms with Gasteiger partial charge < -0.3 is 9.47 Å². The van der Waals surface area contributed by atoms with Crippen molar-refractivity contribution in [2.24, 2.45) is 0 Å². The zero-order chi connectivity index (χ0) is 16.5. The molecule has 122 valence electrons. The molecule has 0 atom stereocenters. The van der Waals surface area contributed by atoms with Gasteiger partial charge in [-0.15, -0.1) is 0 Å². The van der Waals surface area contributed by atoms with Gasteiger partial charge in [0, 0.05) is 0 Å². The van der Waals surface area contributed by atoms with E-state index in [1.807, 2.05) is 13.8 Å². The van der Waals surface area contributed by atoms with E-state index in [1.165, 1.54) is 0 Å². The maximum absolute atomic E-state index is 11.1. The lowest BCUT2D eigenvalue weighted by atomic mass is 10.2. The Morgan fingerprint density at radius 2 is 1.23 bits per heavy atom. The molecule has 0 unspecified atom stereocenters. The van der Waals surface area contributed by atoms with E-state index in [9.17, 15) is 20.2 Å². The molecule has 1 rings (SSSR count). The molecule has 0 saturated carbocycles. The van der Waals surface area contributed by atoms with Crippen molar-refractivity contribution < 1.29 is 19.3 Å². The highest BCUT2D eigenvalue weighted by atomic mass is 16.6. The minimum atomic E-state index is -0.627. The molecule has 0 amide bonds. The van der Waals surface area contributed by atoms with E-state index in [0.29, 0.717) is 12.8 Å². The van der Waals surface area contributed by atoms with Gasteiger partial charge in [-0.1, -0.05) is 26.7 Å². The molecule has 0 N–H and O–H groups in total. The Hall–Kier alpha value is -2.38. The summed E-state index contributed by atoms with van der Waals surface area (Å²) in [5.74, 6) is -0.207. The van der Waals surface area contributed by atoms with Gasteiger partial charge in [-0.25, -0.2) is 0 Å². The summed E-state index contributed by atoms with van der Waals surface area (Å²) < 4.78 is 10.6. The Morgan fingerprint density at radius 1 is 0.864 bits per heavy atom. The van der Waals surface area contributed by atoms with E-state index >= 15 is 0 Å². The summed E-state index contributed by atoms with van der Waals surface area (Å²) in [6.07, 6.45) is 3.13. The smallest absolute Gasteiger partial charge is 0.315 e. The van der Waals surface area contributed by atoms with Gasteiger partial charge in [0.1, 0.15) is 0 Å². The van der Waals surface area contributed by atoms with Crippen molar-refractivity contribution in [2.75, 3.05) is 13.2 Å². The fraction of sp³-hybridized carbons (Fsp3) is 0.571. The summed E-state index contributed by atoms with van der Waals surface area (Å²) in [4.78, 5) is 21.0. The Morgan fingerprint density at radius 3 is 1.50 bits per heavy atom. The molecule has 0 heterocycles. The maximum Gasteiger partial charge on any atom is 0.315 e. The van der Waals surface area contributed by atoms with Crippen LogP contribution in [0.2, 0.25) is 0 Å². The van der Waals surface area contributed by atoms with Crippen molar-refractivity contribution in [1.29, 1.82) is 0 Å². The fourth-order valence-electron chi connectivity index (χ4n) is 1.71. The van der Waals surface area contributed by atoms with Gasteiger partial charge in [-0.05, 0) is 12.8 Å².